The number of rotatable bonds is 3. The van der Waals surface area contributed by atoms with Crippen LogP contribution < -0.4 is 5.32 Å². The Hall–Kier alpha value is -1.20. The molecule has 0 aliphatic rings. The molecule has 0 radical (unpaired) electrons. The van der Waals surface area contributed by atoms with Crippen LogP contribution in [0.5, 0.6) is 0 Å². The lowest BCUT2D eigenvalue weighted by molar-refractivity contribution is 0.628. The summed E-state index contributed by atoms with van der Waals surface area (Å²) in [6.07, 6.45) is 0.754. The van der Waals surface area contributed by atoms with Crippen LogP contribution in [0.2, 0.25) is 5.02 Å². The van der Waals surface area contributed by atoms with Gasteiger partial charge in [-0.05, 0) is 40.5 Å². The average Bonchev–Trinajstić information content (AvgIpc) is 2.39. The summed E-state index contributed by atoms with van der Waals surface area (Å²) < 4.78 is 13.9. The molecule has 1 heterocycles. The standard InChI is InChI=1S/C13H12BrClFN3/c1-3-10-11(14)13(17-2)19-12(18-10)8-5-4-7(16)6-9(8)15/h4-6H,3H2,1-2H3,(H,17,18,19). The number of benzene rings is 1. The monoisotopic (exact) mass is 343 g/mol. The van der Waals surface area contributed by atoms with E-state index < -0.39 is 0 Å². The Morgan fingerprint density at radius 2 is 2.11 bits per heavy atom. The minimum Gasteiger partial charge on any atom is -0.372 e. The van der Waals surface area contributed by atoms with Crippen molar-refractivity contribution in [1.82, 2.24) is 9.97 Å². The lowest BCUT2D eigenvalue weighted by Gasteiger charge is -2.11. The van der Waals surface area contributed by atoms with Gasteiger partial charge in [0.2, 0.25) is 0 Å². The van der Waals surface area contributed by atoms with Gasteiger partial charge in [0.05, 0.1) is 15.2 Å². The molecule has 0 saturated carbocycles. The fourth-order valence-corrected chi connectivity index (χ4v) is 2.59. The molecule has 1 aromatic heterocycles. The molecule has 0 atom stereocenters. The minimum absolute atomic E-state index is 0.298. The number of hydrogen-bond acceptors (Lipinski definition) is 3. The van der Waals surface area contributed by atoms with Crippen molar-refractivity contribution < 1.29 is 4.39 Å². The molecule has 3 nitrogen and oxygen atoms in total. The fraction of sp³-hybridized carbons (Fsp3) is 0.231. The number of nitrogens with one attached hydrogen (secondary N) is 1. The van der Waals surface area contributed by atoms with Crippen molar-refractivity contribution in [2.75, 3.05) is 12.4 Å². The van der Waals surface area contributed by atoms with Crippen molar-refractivity contribution in [2.24, 2.45) is 0 Å². The Kier molecular flexibility index (Phi) is 4.37. The predicted molar refractivity (Wildman–Crippen MR) is 79.1 cm³/mol. The quantitative estimate of drug-likeness (QED) is 0.902. The average molecular weight is 345 g/mol. The third kappa shape index (κ3) is 2.87. The normalized spacial score (nSPS) is 10.6. The van der Waals surface area contributed by atoms with E-state index in [1.807, 2.05) is 6.92 Å². The molecule has 6 heteroatoms. The van der Waals surface area contributed by atoms with Crippen LogP contribution in [0.25, 0.3) is 11.4 Å². The molecule has 0 aliphatic carbocycles. The summed E-state index contributed by atoms with van der Waals surface area (Å²) in [7, 11) is 1.78. The van der Waals surface area contributed by atoms with Gasteiger partial charge in [-0.25, -0.2) is 14.4 Å². The molecule has 0 bridgehead atoms. The summed E-state index contributed by atoms with van der Waals surface area (Å²) in [4.78, 5) is 8.84. The number of halogens is 3. The fourth-order valence-electron chi connectivity index (χ4n) is 1.68. The second-order valence-corrected chi connectivity index (χ2v) is 5.08. The first kappa shape index (κ1) is 14.2. The highest BCUT2D eigenvalue weighted by Crippen LogP contribution is 2.30. The van der Waals surface area contributed by atoms with Gasteiger partial charge >= 0.3 is 0 Å². The Morgan fingerprint density at radius 1 is 1.37 bits per heavy atom. The lowest BCUT2D eigenvalue weighted by Crippen LogP contribution is -2.03. The molecule has 100 valence electrons. The van der Waals surface area contributed by atoms with Gasteiger partial charge in [0, 0.05) is 12.6 Å². The van der Waals surface area contributed by atoms with Gasteiger partial charge in [0.1, 0.15) is 11.6 Å². The highest BCUT2D eigenvalue weighted by Gasteiger charge is 2.14. The van der Waals surface area contributed by atoms with Crippen LogP contribution in [0, 0.1) is 5.82 Å². The first-order valence-electron chi connectivity index (χ1n) is 5.76. The van der Waals surface area contributed by atoms with Crippen molar-refractivity contribution in [1.29, 1.82) is 0 Å². The van der Waals surface area contributed by atoms with Crippen LogP contribution in [-0.2, 0) is 6.42 Å². The van der Waals surface area contributed by atoms with Gasteiger partial charge in [-0.15, -0.1) is 0 Å². The smallest absolute Gasteiger partial charge is 0.163 e. The lowest BCUT2D eigenvalue weighted by atomic mass is 10.2. The first-order chi connectivity index (χ1) is 9.06. The van der Waals surface area contributed by atoms with E-state index >= 15 is 0 Å². The molecule has 19 heavy (non-hydrogen) atoms. The second-order valence-electron chi connectivity index (χ2n) is 3.88. The molecule has 0 saturated heterocycles. The van der Waals surface area contributed by atoms with Crippen LogP contribution in [0.3, 0.4) is 0 Å². The van der Waals surface area contributed by atoms with Crippen molar-refractivity contribution >= 4 is 33.3 Å². The van der Waals surface area contributed by atoms with E-state index in [2.05, 4.69) is 31.2 Å². The summed E-state index contributed by atoms with van der Waals surface area (Å²) in [5.74, 6) is 0.784. The van der Waals surface area contributed by atoms with E-state index in [1.54, 1.807) is 13.1 Å². The van der Waals surface area contributed by atoms with E-state index in [0.29, 0.717) is 22.2 Å². The molecule has 1 N–H and O–H groups in total. The number of nitrogens with zero attached hydrogens (tertiary/aromatic N) is 2. The van der Waals surface area contributed by atoms with Crippen LogP contribution in [0.1, 0.15) is 12.6 Å². The Bertz CT molecular complexity index is 594. The summed E-state index contributed by atoms with van der Waals surface area (Å²) in [5, 5.41) is 3.29. The Labute approximate surface area is 124 Å². The van der Waals surface area contributed by atoms with Crippen molar-refractivity contribution in [3.05, 3.63) is 39.2 Å². The van der Waals surface area contributed by atoms with E-state index in [1.165, 1.54) is 12.1 Å². The predicted octanol–water partition coefficient (Wildman–Crippen LogP) is 4.30. The van der Waals surface area contributed by atoms with Crippen LogP contribution in [0.4, 0.5) is 10.2 Å². The Morgan fingerprint density at radius 3 is 2.68 bits per heavy atom. The minimum atomic E-state index is -0.379. The van der Waals surface area contributed by atoms with Gasteiger partial charge in [-0.2, -0.15) is 0 Å². The highest BCUT2D eigenvalue weighted by atomic mass is 79.9. The van der Waals surface area contributed by atoms with E-state index in [0.717, 1.165) is 16.6 Å². The molecular weight excluding hydrogens is 333 g/mol. The van der Waals surface area contributed by atoms with Crippen LogP contribution >= 0.6 is 27.5 Å². The van der Waals surface area contributed by atoms with Gasteiger partial charge in [-0.1, -0.05) is 18.5 Å². The van der Waals surface area contributed by atoms with Crippen molar-refractivity contribution in [2.45, 2.75) is 13.3 Å². The van der Waals surface area contributed by atoms with E-state index in [-0.39, 0.29) is 5.82 Å². The first-order valence-corrected chi connectivity index (χ1v) is 6.93. The summed E-state index contributed by atoms with van der Waals surface area (Å²) in [5.41, 5.74) is 1.48. The number of anilines is 1. The molecule has 0 spiro atoms. The number of aryl methyl sites for hydroxylation is 1. The molecule has 2 rings (SSSR count). The zero-order valence-corrected chi connectivity index (χ0v) is 12.8. The van der Waals surface area contributed by atoms with Gasteiger partial charge in [-0.3, -0.25) is 0 Å². The molecule has 0 aliphatic heterocycles. The SMILES string of the molecule is CCc1nc(-c2ccc(F)cc2Cl)nc(NC)c1Br. The van der Waals surface area contributed by atoms with E-state index in [4.69, 9.17) is 11.6 Å². The molecule has 0 fully saturated rings. The maximum Gasteiger partial charge on any atom is 0.163 e. The van der Waals surface area contributed by atoms with Crippen molar-refractivity contribution in [3.8, 4) is 11.4 Å². The topological polar surface area (TPSA) is 37.8 Å². The second kappa shape index (κ2) is 5.84. The Balaban J connectivity index is 2.62. The molecular formula is C13H12BrClFN3. The third-order valence-electron chi connectivity index (χ3n) is 2.66. The van der Waals surface area contributed by atoms with Gasteiger partial charge in [0.15, 0.2) is 5.82 Å². The number of aromatic nitrogens is 2. The molecule has 2 aromatic rings. The maximum atomic E-state index is 13.1. The zero-order valence-electron chi connectivity index (χ0n) is 10.5. The molecule has 0 unspecified atom stereocenters. The summed E-state index contributed by atoms with van der Waals surface area (Å²) >= 11 is 9.50. The number of hydrogen-bond donors (Lipinski definition) is 1. The maximum absolute atomic E-state index is 13.1. The molecule has 0 amide bonds. The highest BCUT2D eigenvalue weighted by molar-refractivity contribution is 9.10. The van der Waals surface area contributed by atoms with E-state index in [9.17, 15) is 4.39 Å². The summed E-state index contributed by atoms with van der Waals surface area (Å²) in [6.45, 7) is 2.00. The van der Waals surface area contributed by atoms with Gasteiger partial charge in [0.25, 0.3) is 0 Å². The van der Waals surface area contributed by atoms with Crippen molar-refractivity contribution in [3.63, 3.8) is 0 Å². The zero-order chi connectivity index (χ0) is 14.0. The van der Waals surface area contributed by atoms with Gasteiger partial charge < -0.3 is 5.32 Å². The summed E-state index contributed by atoms with van der Waals surface area (Å²) in [6, 6.07) is 4.18. The molecule has 1 aromatic carbocycles. The largest absolute Gasteiger partial charge is 0.372 e. The van der Waals surface area contributed by atoms with Crippen LogP contribution in [0.15, 0.2) is 22.7 Å². The van der Waals surface area contributed by atoms with Crippen LogP contribution in [-0.4, -0.2) is 17.0 Å². The third-order valence-corrected chi connectivity index (χ3v) is 3.81.